The van der Waals surface area contributed by atoms with Gasteiger partial charge in [0.15, 0.2) is 0 Å². The van der Waals surface area contributed by atoms with Gasteiger partial charge in [0, 0.05) is 37.5 Å². The van der Waals surface area contributed by atoms with Crippen LogP contribution in [0.3, 0.4) is 0 Å². The van der Waals surface area contributed by atoms with Crippen LogP contribution in [0.1, 0.15) is 42.1 Å². The second-order valence-electron chi connectivity index (χ2n) is 7.00. The molecule has 7 heteroatoms. The Morgan fingerprint density at radius 1 is 1.24 bits per heavy atom. The first-order chi connectivity index (χ1) is 12.0. The molecule has 1 aromatic carbocycles. The monoisotopic (exact) mass is 343 g/mol. The number of imide groups is 1. The van der Waals surface area contributed by atoms with Gasteiger partial charge in [-0.25, -0.2) is 0 Å². The molecule has 0 spiro atoms. The summed E-state index contributed by atoms with van der Waals surface area (Å²) in [7, 11) is 0. The quantitative estimate of drug-likeness (QED) is 0.784. The van der Waals surface area contributed by atoms with Gasteiger partial charge in [-0.15, -0.1) is 0 Å². The summed E-state index contributed by atoms with van der Waals surface area (Å²) >= 11 is 0. The largest absolute Gasteiger partial charge is 0.489 e. The van der Waals surface area contributed by atoms with Crippen molar-refractivity contribution < 1.29 is 19.1 Å². The number of ether oxygens (including phenoxy) is 1. The summed E-state index contributed by atoms with van der Waals surface area (Å²) < 4.78 is 6.01. The lowest BCUT2D eigenvalue weighted by Crippen LogP contribution is -2.52. The molecule has 1 unspecified atom stereocenters. The lowest BCUT2D eigenvalue weighted by Gasteiger charge is -2.29. The fourth-order valence-corrected chi connectivity index (χ4v) is 3.80. The Labute approximate surface area is 145 Å². The molecule has 3 heterocycles. The maximum atomic E-state index is 12.6. The molecule has 3 atom stereocenters. The molecular weight excluding hydrogens is 322 g/mol. The highest BCUT2D eigenvalue weighted by molar-refractivity contribution is 6.05. The van der Waals surface area contributed by atoms with Crippen molar-refractivity contribution in [3.05, 3.63) is 29.3 Å². The number of benzene rings is 1. The van der Waals surface area contributed by atoms with Crippen molar-refractivity contribution in [2.75, 3.05) is 6.54 Å². The van der Waals surface area contributed by atoms with Gasteiger partial charge in [0.2, 0.25) is 11.8 Å². The number of fused-ring (bicyclic) bond motifs is 1. The van der Waals surface area contributed by atoms with E-state index < -0.39 is 6.04 Å². The van der Waals surface area contributed by atoms with Crippen molar-refractivity contribution in [2.45, 2.75) is 50.9 Å². The first kappa shape index (κ1) is 16.1. The fraction of sp³-hybridized carbons (Fsp3) is 0.500. The zero-order valence-corrected chi connectivity index (χ0v) is 14.1. The van der Waals surface area contributed by atoms with Crippen LogP contribution in [0.2, 0.25) is 0 Å². The van der Waals surface area contributed by atoms with E-state index in [2.05, 4.69) is 17.6 Å². The molecule has 7 nitrogen and oxygen atoms in total. The third-order valence-electron chi connectivity index (χ3n) is 5.11. The van der Waals surface area contributed by atoms with Crippen LogP contribution in [0.4, 0.5) is 0 Å². The summed E-state index contributed by atoms with van der Waals surface area (Å²) in [6.45, 7) is 3.32. The van der Waals surface area contributed by atoms with Crippen LogP contribution in [-0.4, -0.2) is 47.4 Å². The standard InChI is InChI=1S/C18H21N3O4/c1-10-6-13(8-19-10)25-12-2-3-14-11(7-12)9-21(18(14)24)15-4-5-16(22)20-17(15)23/h2-3,7,10,13,15,19H,4-6,8-9H2,1H3,(H,20,22,23)/t10-,13+,15?/m1/s1. The van der Waals surface area contributed by atoms with E-state index in [1.165, 1.54) is 0 Å². The Morgan fingerprint density at radius 2 is 2.08 bits per heavy atom. The number of nitrogens with zero attached hydrogens (tertiary/aromatic N) is 1. The van der Waals surface area contributed by atoms with Gasteiger partial charge < -0.3 is 15.0 Å². The molecule has 0 saturated carbocycles. The first-order valence-corrected chi connectivity index (χ1v) is 8.69. The predicted molar refractivity (Wildman–Crippen MR) is 89.0 cm³/mol. The molecular formula is C18H21N3O4. The molecule has 1 aromatic rings. The average molecular weight is 343 g/mol. The van der Waals surface area contributed by atoms with Crippen molar-refractivity contribution in [2.24, 2.45) is 0 Å². The lowest BCUT2D eigenvalue weighted by molar-refractivity contribution is -0.136. The molecule has 132 valence electrons. The van der Waals surface area contributed by atoms with E-state index in [1.54, 1.807) is 11.0 Å². The number of hydrogen-bond donors (Lipinski definition) is 2. The summed E-state index contributed by atoms with van der Waals surface area (Å²) in [5.74, 6) is -0.0785. The number of amides is 3. The normalized spacial score (nSPS) is 28.9. The van der Waals surface area contributed by atoms with Crippen LogP contribution >= 0.6 is 0 Å². The van der Waals surface area contributed by atoms with Crippen molar-refractivity contribution in [3.63, 3.8) is 0 Å². The number of hydrogen-bond acceptors (Lipinski definition) is 5. The van der Waals surface area contributed by atoms with Crippen LogP contribution in [0, 0.1) is 0 Å². The Balaban J connectivity index is 1.49. The highest BCUT2D eigenvalue weighted by atomic mass is 16.5. The Kier molecular flexibility index (Phi) is 3.95. The van der Waals surface area contributed by atoms with Gasteiger partial charge in [-0.2, -0.15) is 0 Å². The van der Waals surface area contributed by atoms with E-state index in [0.29, 0.717) is 24.6 Å². The first-order valence-electron chi connectivity index (χ1n) is 8.69. The van der Waals surface area contributed by atoms with Crippen LogP contribution in [0.5, 0.6) is 5.75 Å². The molecule has 2 saturated heterocycles. The lowest BCUT2D eigenvalue weighted by atomic mass is 10.0. The van der Waals surface area contributed by atoms with E-state index in [4.69, 9.17) is 4.74 Å². The van der Waals surface area contributed by atoms with Crippen LogP contribution in [-0.2, 0) is 16.1 Å². The van der Waals surface area contributed by atoms with Crippen LogP contribution < -0.4 is 15.4 Å². The summed E-state index contributed by atoms with van der Waals surface area (Å²) in [4.78, 5) is 37.6. The molecule has 3 aliphatic rings. The minimum Gasteiger partial charge on any atom is -0.489 e. The maximum Gasteiger partial charge on any atom is 0.255 e. The van der Waals surface area contributed by atoms with Gasteiger partial charge in [0.1, 0.15) is 17.9 Å². The van der Waals surface area contributed by atoms with Crippen molar-refractivity contribution in [3.8, 4) is 5.75 Å². The molecule has 2 fully saturated rings. The second-order valence-corrected chi connectivity index (χ2v) is 7.00. The Bertz CT molecular complexity index is 748. The molecule has 3 aliphatic heterocycles. The summed E-state index contributed by atoms with van der Waals surface area (Å²) in [5, 5.41) is 5.66. The topological polar surface area (TPSA) is 87.7 Å². The molecule has 0 radical (unpaired) electrons. The average Bonchev–Trinajstić information content (AvgIpc) is 3.11. The van der Waals surface area contributed by atoms with Gasteiger partial charge in [0.05, 0.1) is 0 Å². The fourth-order valence-electron chi connectivity index (χ4n) is 3.80. The highest BCUT2D eigenvalue weighted by Crippen LogP contribution is 2.30. The van der Waals surface area contributed by atoms with E-state index in [0.717, 1.165) is 24.3 Å². The molecule has 0 bridgehead atoms. The predicted octanol–water partition coefficient (Wildman–Crippen LogP) is 0.577. The van der Waals surface area contributed by atoms with E-state index in [9.17, 15) is 14.4 Å². The zero-order valence-electron chi connectivity index (χ0n) is 14.1. The summed E-state index contributed by atoms with van der Waals surface area (Å²) in [6, 6.07) is 5.34. The Morgan fingerprint density at radius 3 is 2.80 bits per heavy atom. The SMILES string of the molecule is C[C@@H]1C[C@H](Oc2ccc3c(c2)CN(C2CCC(=O)NC2=O)C3=O)CN1. The number of nitrogens with one attached hydrogen (secondary N) is 2. The van der Waals surface area contributed by atoms with Crippen molar-refractivity contribution in [1.29, 1.82) is 0 Å². The molecule has 3 amide bonds. The minimum atomic E-state index is -0.582. The minimum absolute atomic E-state index is 0.136. The van der Waals surface area contributed by atoms with Crippen molar-refractivity contribution >= 4 is 17.7 Å². The van der Waals surface area contributed by atoms with Gasteiger partial charge >= 0.3 is 0 Å². The summed E-state index contributed by atoms with van der Waals surface area (Å²) in [5.41, 5.74) is 1.47. The van der Waals surface area contributed by atoms with Crippen LogP contribution in [0.25, 0.3) is 0 Å². The maximum absolute atomic E-state index is 12.6. The van der Waals surface area contributed by atoms with Gasteiger partial charge in [-0.05, 0) is 37.1 Å². The van der Waals surface area contributed by atoms with Gasteiger partial charge in [-0.3, -0.25) is 19.7 Å². The molecule has 4 rings (SSSR count). The number of piperidine rings is 1. The third kappa shape index (κ3) is 3.00. The number of carbonyl (C=O) groups excluding carboxylic acids is 3. The van der Waals surface area contributed by atoms with E-state index >= 15 is 0 Å². The molecule has 25 heavy (non-hydrogen) atoms. The summed E-state index contributed by atoms with van der Waals surface area (Å²) in [6.07, 6.45) is 1.73. The van der Waals surface area contributed by atoms with Gasteiger partial charge in [-0.1, -0.05) is 0 Å². The molecule has 0 aliphatic carbocycles. The van der Waals surface area contributed by atoms with E-state index in [1.807, 2.05) is 12.1 Å². The van der Waals surface area contributed by atoms with Crippen LogP contribution in [0.15, 0.2) is 18.2 Å². The third-order valence-corrected chi connectivity index (χ3v) is 5.11. The second kappa shape index (κ2) is 6.15. The Hall–Kier alpha value is -2.41. The van der Waals surface area contributed by atoms with Crippen molar-refractivity contribution in [1.82, 2.24) is 15.5 Å². The zero-order chi connectivity index (χ0) is 17.6. The van der Waals surface area contributed by atoms with E-state index in [-0.39, 0.29) is 30.2 Å². The highest BCUT2D eigenvalue weighted by Gasteiger charge is 2.39. The smallest absolute Gasteiger partial charge is 0.255 e. The van der Waals surface area contributed by atoms with Gasteiger partial charge in [0.25, 0.3) is 5.91 Å². The number of rotatable bonds is 3. The molecule has 2 N–H and O–H groups in total. The molecule has 0 aromatic heterocycles. The number of carbonyl (C=O) groups is 3.